The molecule has 0 aromatic heterocycles. The van der Waals surface area contributed by atoms with Crippen molar-refractivity contribution in [2.24, 2.45) is 0 Å². The van der Waals surface area contributed by atoms with Crippen LogP contribution in [0, 0.1) is 0 Å². The number of alkyl halides is 3. The van der Waals surface area contributed by atoms with E-state index in [1.807, 2.05) is 0 Å². The Balaban J connectivity index is 2.18. The Labute approximate surface area is 126 Å². The van der Waals surface area contributed by atoms with Crippen LogP contribution in [0.3, 0.4) is 0 Å². The Kier molecular flexibility index (Phi) is 4.63. The van der Waals surface area contributed by atoms with Crippen LogP contribution in [0.5, 0.6) is 11.5 Å². The van der Waals surface area contributed by atoms with Gasteiger partial charge >= 0.3 is 6.18 Å². The number of hydrogen-bond acceptors (Lipinski definition) is 3. The van der Waals surface area contributed by atoms with Gasteiger partial charge in [-0.15, -0.1) is 6.58 Å². The van der Waals surface area contributed by atoms with Crippen molar-refractivity contribution in [1.82, 2.24) is 4.90 Å². The summed E-state index contributed by atoms with van der Waals surface area (Å²) in [6, 6.07) is 6.70. The molecule has 1 heterocycles. The number of amides is 1. The third-order valence-electron chi connectivity index (χ3n) is 3.12. The van der Waals surface area contributed by atoms with Crippen LogP contribution >= 0.6 is 0 Å². The highest BCUT2D eigenvalue weighted by molar-refractivity contribution is 5.82. The maximum absolute atomic E-state index is 12.6. The van der Waals surface area contributed by atoms with Crippen molar-refractivity contribution in [1.29, 1.82) is 0 Å². The number of hydrogen-bond donors (Lipinski definition) is 0. The zero-order valence-corrected chi connectivity index (χ0v) is 12.0. The first-order valence-corrected chi connectivity index (χ1v) is 6.70. The highest BCUT2D eigenvalue weighted by atomic mass is 19.4. The maximum atomic E-state index is 12.6. The molecule has 0 saturated carbocycles. The largest absolute Gasteiger partial charge is 0.482 e. The fourth-order valence-corrected chi connectivity index (χ4v) is 2.18. The van der Waals surface area contributed by atoms with E-state index in [2.05, 4.69) is 6.58 Å². The first-order valence-electron chi connectivity index (χ1n) is 6.70. The fraction of sp³-hybridized carbons (Fsp3) is 0.400. The predicted octanol–water partition coefficient (Wildman–Crippen LogP) is 2.79. The van der Waals surface area contributed by atoms with Crippen LogP contribution in [-0.2, 0) is 4.79 Å². The number of carbonyl (C=O) groups excluding carboxylic acids is 1. The Bertz CT molecular complexity index is 559. The van der Waals surface area contributed by atoms with Crippen molar-refractivity contribution in [3.63, 3.8) is 0 Å². The maximum Gasteiger partial charge on any atom is 0.406 e. The molecule has 1 aromatic carbocycles. The van der Waals surface area contributed by atoms with Gasteiger partial charge in [-0.25, -0.2) is 0 Å². The van der Waals surface area contributed by atoms with Gasteiger partial charge in [0.15, 0.2) is 11.5 Å². The quantitative estimate of drug-likeness (QED) is 0.802. The van der Waals surface area contributed by atoms with Crippen molar-refractivity contribution in [2.75, 3.05) is 13.1 Å². The molecule has 1 aliphatic rings. The minimum Gasteiger partial charge on any atom is -0.482 e. The second-order valence-corrected chi connectivity index (χ2v) is 4.93. The second-order valence-electron chi connectivity index (χ2n) is 4.93. The molecule has 7 heteroatoms. The Morgan fingerprint density at radius 2 is 1.91 bits per heavy atom. The summed E-state index contributed by atoms with van der Waals surface area (Å²) in [7, 11) is 0. The van der Waals surface area contributed by atoms with Gasteiger partial charge in [-0.3, -0.25) is 4.79 Å². The molecule has 0 bridgehead atoms. The second kappa shape index (κ2) is 6.29. The van der Waals surface area contributed by atoms with E-state index >= 15 is 0 Å². The molecule has 0 saturated heterocycles. The third-order valence-corrected chi connectivity index (χ3v) is 3.12. The monoisotopic (exact) mass is 315 g/mol. The number of carbonyl (C=O) groups is 1. The number of nitrogens with zero attached hydrogens (tertiary/aromatic N) is 1. The van der Waals surface area contributed by atoms with Gasteiger partial charge in [-0.05, 0) is 19.1 Å². The van der Waals surface area contributed by atoms with Crippen LogP contribution in [0.15, 0.2) is 36.9 Å². The van der Waals surface area contributed by atoms with E-state index in [1.54, 1.807) is 31.2 Å². The van der Waals surface area contributed by atoms with E-state index in [4.69, 9.17) is 9.47 Å². The van der Waals surface area contributed by atoms with Gasteiger partial charge in [0.05, 0.1) is 0 Å². The van der Waals surface area contributed by atoms with Crippen LogP contribution in [-0.4, -0.2) is 42.3 Å². The Hall–Kier alpha value is -2.18. The first kappa shape index (κ1) is 16.2. The van der Waals surface area contributed by atoms with Crippen LogP contribution in [0.2, 0.25) is 0 Å². The summed E-state index contributed by atoms with van der Waals surface area (Å²) in [5.74, 6) is 0.0221. The molecule has 2 rings (SSSR count). The molecule has 120 valence electrons. The van der Waals surface area contributed by atoms with E-state index in [9.17, 15) is 18.0 Å². The number of para-hydroxylation sites is 2. The number of ether oxygens (including phenoxy) is 2. The lowest BCUT2D eigenvalue weighted by molar-refractivity contribution is -0.167. The lowest BCUT2D eigenvalue weighted by Crippen LogP contribution is -2.52. The highest BCUT2D eigenvalue weighted by Gasteiger charge is 2.40. The number of benzene rings is 1. The summed E-state index contributed by atoms with van der Waals surface area (Å²) in [6.45, 7) is 3.39. The molecule has 1 aromatic rings. The molecular weight excluding hydrogens is 299 g/mol. The Morgan fingerprint density at radius 3 is 2.45 bits per heavy atom. The van der Waals surface area contributed by atoms with Gasteiger partial charge in [0.1, 0.15) is 12.6 Å². The lowest BCUT2D eigenvalue weighted by Gasteiger charge is -2.34. The van der Waals surface area contributed by atoms with Gasteiger partial charge in [-0.1, -0.05) is 18.2 Å². The van der Waals surface area contributed by atoms with Crippen molar-refractivity contribution >= 4 is 5.91 Å². The molecule has 2 unspecified atom stereocenters. The summed E-state index contributed by atoms with van der Waals surface area (Å²) in [4.78, 5) is 13.0. The molecule has 0 N–H and O–H groups in total. The predicted molar refractivity (Wildman–Crippen MR) is 73.8 cm³/mol. The van der Waals surface area contributed by atoms with Gasteiger partial charge in [0, 0.05) is 6.54 Å². The van der Waals surface area contributed by atoms with Crippen LogP contribution in [0.25, 0.3) is 0 Å². The average Bonchev–Trinajstić information content (AvgIpc) is 2.44. The number of halogens is 3. The highest BCUT2D eigenvalue weighted by Crippen LogP contribution is 2.34. The summed E-state index contributed by atoms with van der Waals surface area (Å²) < 4.78 is 48.9. The summed E-state index contributed by atoms with van der Waals surface area (Å²) in [5.41, 5.74) is 0. The lowest BCUT2D eigenvalue weighted by atomic mass is 10.1. The summed E-state index contributed by atoms with van der Waals surface area (Å²) >= 11 is 0. The molecule has 2 atom stereocenters. The average molecular weight is 315 g/mol. The molecule has 0 radical (unpaired) electrons. The zero-order valence-electron chi connectivity index (χ0n) is 12.0. The molecular formula is C15H16F3NO3. The Morgan fingerprint density at radius 1 is 1.32 bits per heavy atom. The molecule has 0 aliphatic carbocycles. The third kappa shape index (κ3) is 3.72. The van der Waals surface area contributed by atoms with Crippen molar-refractivity contribution in [3.05, 3.63) is 36.9 Å². The smallest absolute Gasteiger partial charge is 0.406 e. The van der Waals surface area contributed by atoms with E-state index in [1.165, 1.54) is 6.08 Å². The zero-order chi connectivity index (χ0) is 16.3. The minimum atomic E-state index is -4.49. The van der Waals surface area contributed by atoms with Gasteiger partial charge < -0.3 is 14.4 Å². The van der Waals surface area contributed by atoms with Crippen molar-refractivity contribution in [3.8, 4) is 11.5 Å². The summed E-state index contributed by atoms with van der Waals surface area (Å²) in [6.07, 6.45) is -5.07. The topological polar surface area (TPSA) is 38.8 Å². The molecule has 4 nitrogen and oxygen atoms in total. The van der Waals surface area contributed by atoms with E-state index in [0.29, 0.717) is 16.4 Å². The molecule has 1 aliphatic heterocycles. The van der Waals surface area contributed by atoms with Crippen LogP contribution in [0.4, 0.5) is 13.2 Å². The molecule has 0 fully saturated rings. The minimum absolute atomic E-state index is 0.216. The van der Waals surface area contributed by atoms with Gasteiger partial charge in [-0.2, -0.15) is 13.2 Å². The van der Waals surface area contributed by atoms with Crippen LogP contribution < -0.4 is 9.47 Å². The van der Waals surface area contributed by atoms with Gasteiger partial charge in [0.2, 0.25) is 6.10 Å². The van der Waals surface area contributed by atoms with E-state index < -0.39 is 30.8 Å². The van der Waals surface area contributed by atoms with Gasteiger partial charge in [0.25, 0.3) is 5.91 Å². The normalized spacial score (nSPS) is 20.4. The first-order chi connectivity index (χ1) is 10.3. The van der Waals surface area contributed by atoms with Crippen molar-refractivity contribution < 1.29 is 27.4 Å². The SMILES string of the molecule is C=CCN(CC(F)(F)F)C(=O)C1Oc2ccccc2OC1C. The summed E-state index contributed by atoms with van der Waals surface area (Å²) in [5, 5.41) is 0. The molecule has 0 spiro atoms. The molecule has 22 heavy (non-hydrogen) atoms. The van der Waals surface area contributed by atoms with E-state index in [-0.39, 0.29) is 6.54 Å². The van der Waals surface area contributed by atoms with Crippen LogP contribution in [0.1, 0.15) is 6.92 Å². The standard InChI is InChI=1S/C15H16F3NO3/c1-3-8-19(9-15(16,17)18)14(20)13-10(2)21-11-6-4-5-7-12(11)22-13/h3-7,10,13H,1,8-9H2,2H3. The van der Waals surface area contributed by atoms with E-state index in [0.717, 1.165) is 0 Å². The van der Waals surface area contributed by atoms with Crippen molar-refractivity contribution in [2.45, 2.75) is 25.3 Å². The number of rotatable bonds is 4. The number of fused-ring (bicyclic) bond motifs is 1. The molecule has 1 amide bonds. The fourth-order valence-electron chi connectivity index (χ4n) is 2.18.